The van der Waals surface area contributed by atoms with E-state index >= 15 is 0 Å². The zero-order chi connectivity index (χ0) is 20.4. The van der Waals surface area contributed by atoms with E-state index in [9.17, 15) is 9.59 Å². The fourth-order valence-electron chi connectivity index (χ4n) is 3.78. The Labute approximate surface area is 170 Å². The van der Waals surface area contributed by atoms with Gasteiger partial charge in [-0.2, -0.15) is 0 Å². The van der Waals surface area contributed by atoms with Gasteiger partial charge in [0.05, 0.1) is 12.3 Å². The zero-order valence-corrected chi connectivity index (χ0v) is 17.3. The van der Waals surface area contributed by atoms with Crippen LogP contribution in [-0.4, -0.2) is 41.4 Å². The molecule has 1 aliphatic rings. The fourth-order valence-corrected chi connectivity index (χ4v) is 3.95. The number of carbonyl (C=O) groups excluding carboxylic acids is 2. The number of rotatable bonds is 6. The first-order valence-electron chi connectivity index (χ1n) is 9.80. The molecule has 6 nitrogen and oxygen atoms in total. The Morgan fingerprint density at radius 1 is 1.36 bits per heavy atom. The molecule has 0 spiro atoms. The number of fused-ring (bicyclic) bond motifs is 1. The number of likely N-dealkylation sites (tertiary alicyclic amines) is 1. The Hall–Kier alpha value is -2.05. The van der Waals surface area contributed by atoms with E-state index in [-0.39, 0.29) is 23.8 Å². The van der Waals surface area contributed by atoms with Gasteiger partial charge < -0.3 is 20.4 Å². The van der Waals surface area contributed by atoms with E-state index < -0.39 is 12.1 Å². The average Bonchev–Trinajstić information content (AvgIpc) is 3.26. The molecule has 3 atom stereocenters. The molecule has 7 heteroatoms. The topological polar surface area (TPSA) is 88.6 Å². The van der Waals surface area contributed by atoms with E-state index in [1.54, 1.807) is 19.3 Å². The van der Waals surface area contributed by atoms with Gasteiger partial charge in [-0.25, -0.2) is 0 Å². The van der Waals surface area contributed by atoms with Crippen LogP contribution in [0.25, 0.3) is 11.0 Å². The SMILES string of the molecule is CC(C)[C@H](NC(=O)[C@H](C)N)C(=O)N1CCC[C@H]1Cc1coc2ccc(Cl)cc12. The molecule has 0 radical (unpaired) electrons. The van der Waals surface area contributed by atoms with Crippen molar-refractivity contribution >= 4 is 34.4 Å². The van der Waals surface area contributed by atoms with Crippen LogP contribution >= 0.6 is 11.6 Å². The van der Waals surface area contributed by atoms with Crippen LogP contribution < -0.4 is 11.1 Å². The second kappa shape index (κ2) is 8.53. The smallest absolute Gasteiger partial charge is 0.245 e. The molecule has 1 aromatic carbocycles. The van der Waals surface area contributed by atoms with Crippen LogP contribution in [0.15, 0.2) is 28.9 Å². The van der Waals surface area contributed by atoms with Gasteiger partial charge in [0.25, 0.3) is 0 Å². The maximum atomic E-state index is 13.2. The van der Waals surface area contributed by atoms with Crippen LogP contribution in [-0.2, 0) is 16.0 Å². The van der Waals surface area contributed by atoms with Gasteiger partial charge in [0.15, 0.2) is 0 Å². The fraction of sp³-hybridized carbons (Fsp3) is 0.524. The van der Waals surface area contributed by atoms with Crippen LogP contribution in [0, 0.1) is 5.92 Å². The predicted molar refractivity (Wildman–Crippen MR) is 110 cm³/mol. The van der Waals surface area contributed by atoms with Crippen molar-refractivity contribution < 1.29 is 14.0 Å². The molecule has 1 fully saturated rings. The average molecular weight is 406 g/mol. The Morgan fingerprint density at radius 2 is 2.11 bits per heavy atom. The molecule has 0 aliphatic carbocycles. The summed E-state index contributed by atoms with van der Waals surface area (Å²) in [5, 5.41) is 4.46. The first kappa shape index (κ1) is 20.7. The molecule has 2 heterocycles. The van der Waals surface area contributed by atoms with Crippen molar-refractivity contribution in [2.24, 2.45) is 11.7 Å². The minimum atomic E-state index is -0.648. The molecule has 1 aliphatic heterocycles. The number of halogens is 1. The number of furan rings is 1. The third kappa shape index (κ3) is 4.33. The highest BCUT2D eigenvalue weighted by Gasteiger charge is 2.35. The first-order chi connectivity index (χ1) is 13.3. The van der Waals surface area contributed by atoms with Crippen molar-refractivity contribution in [2.45, 2.75) is 58.2 Å². The molecule has 3 N–H and O–H groups in total. The highest BCUT2D eigenvalue weighted by Crippen LogP contribution is 2.29. The molecular formula is C21H28ClN3O3. The molecule has 2 amide bonds. The van der Waals surface area contributed by atoms with Crippen LogP contribution in [0.4, 0.5) is 0 Å². The summed E-state index contributed by atoms with van der Waals surface area (Å²) in [6, 6.07) is 4.41. The molecule has 1 saturated heterocycles. The van der Waals surface area contributed by atoms with Crippen LogP contribution in [0.2, 0.25) is 5.02 Å². The van der Waals surface area contributed by atoms with Gasteiger partial charge in [-0.15, -0.1) is 0 Å². The Kier molecular flexibility index (Phi) is 6.30. The Bertz CT molecular complexity index is 862. The molecular weight excluding hydrogens is 378 g/mol. The number of nitrogens with two attached hydrogens (primary N) is 1. The molecule has 1 aromatic heterocycles. The van der Waals surface area contributed by atoms with E-state index in [1.165, 1.54) is 0 Å². The van der Waals surface area contributed by atoms with E-state index in [1.807, 2.05) is 30.9 Å². The minimum Gasteiger partial charge on any atom is -0.464 e. The van der Waals surface area contributed by atoms with Gasteiger partial charge >= 0.3 is 0 Å². The molecule has 0 bridgehead atoms. The van der Waals surface area contributed by atoms with Gasteiger partial charge in [0, 0.05) is 28.6 Å². The van der Waals surface area contributed by atoms with Crippen LogP contribution in [0.1, 0.15) is 39.2 Å². The largest absolute Gasteiger partial charge is 0.464 e. The zero-order valence-electron chi connectivity index (χ0n) is 16.6. The summed E-state index contributed by atoms with van der Waals surface area (Å²) in [5.41, 5.74) is 7.50. The molecule has 152 valence electrons. The predicted octanol–water partition coefficient (Wildman–Crippen LogP) is 3.11. The maximum absolute atomic E-state index is 13.2. The number of amides is 2. The van der Waals surface area contributed by atoms with Crippen molar-refractivity contribution in [3.05, 3.63) is 35.0 Å². The summed E-state index contributed by atoms with van der Waals surface area (Å²) in [6.07, 6.45) is 4.31. The van der Waals surface area contributed by atoms with Crippen LogP contribution in [0.5, 0.6) is 0 Å². The summed E-state index contributed by atoms with van der Waals surface area (Å²) >= 11 is 6.14. The summed E-state index contributed by atoms with van der Waals surface area (Å²) in [6.45, 7) is 6.17. The first-order valence-corrected chi connectivity index (χ1v) is 10.2. The van der Waals surface area contributed by atoms with Crippen molar-refractivity contribution in [3.63, 3.8) is 0 Å². The van der Waals surface area contributed by atoms with Crippen LogP contribution in [0.3, 0.4) is 0 Å². The summed E-state index contributed by atoms with van der Waals surface area (Å²) in [5.74, 6) is -0.374. The van der Waals surface area contributed by atoms with Gasteiger partial charge in [0.2, 0.25) is 11.8 Å². The highest BCUT2D eigenvalue weighted by atomic mass is 35.5. The van der Waals surface area contributed by atoms with Crippen molar-refractivity contribution in [3.8, 4) is 0 Å². The van der Waals surface area contributed by atoms with Gasteiger partial charge in [-0.1, -0.05) is 25.4 Å². The molecule has 2 aromatic rings. The highest BCUT2D eigenvalue weighted by molar-refractivity contribution is 6.31. The number of nitrogens with one attached hydrogen (secondary N) is 1. The monoisotopic (exact) mass is 405 g/mol. The lowest BCUT2D eigenvalue weighted by Crippen LogP contribution is -2.55. The number of hydrogen-bond acceptors (Lipinski definition) is 4. The number of hydrogen-bond donors (Lipinski definition) is 2. The van der Waals surface area contributed by atoms with E-state index in [0.717, 1.165) is 29.4 Å². The quantitative estimate of drug-likeness (QED) is 0.772. The number of nitrogens with zero attached hydrogens (tertiary/aromatic N) is 1. The lowest BCUT2D eigenvalue weighted by Gasteiger charge is -2.31. The number of carbonyl (C=O) groups is 2. The minimum absolute atomic E-state index is 0.0231. The lowest BCUT2D eigenvalue weighted by molar-refractivity contribution is -0.138. The van der Waals surface area contributed by atoms with E-state index in [4.69, 9.17) is 21.8 Å². The third-order valence-corrected chi connectivity index (χ3v) is 5.61. The van der Waals surface area contributed by atoms with Gasteiger partial charge in [0.1, 0.15) is 11.6 Å². The second-order valence-electron chi connectivity index (χ2n) is 7.95. The normalized spacial score (nSPS) is 19.2. The van der Waals surface area contributed by atoms with Crippen molar-refractivity contribution in [2.75, 3.05) is 6.54 Å². The third-order valence-electron chi connectivity index (χ3n) is 5.38. The second-order valence-corrected chi connectivity index (χ2v) is 8.39. The maximum Gasteiger partial charge on any atom is 0.245 e. The van der Waals surface area contributed by atoms with Gasteiger partial charge in [-0.3, -0.25) is 9.59 Å². The lowest BCUT2D eigenvalue weighted by atomic mass is 9.99. The molecule has 28 heavy (non-hydrogen) atoms. The molecule has 0 unspecified atom stereocenters. The Morgan fingerprint density at radius 3 is 2.79 bits per heavy atom. The van der Waals surface area contributed by atoms with Crippen molar-refractivity contribution in [1.82, 2.24) is 10.2 Å². The summed E-state index contributed by atoms with van der Waals surface area (Å²) < 4.78 is 5.64. The Balaban J connectivity index is 1.78. The standard InChI is InChI=1S/C21H28ClN3O3/c1-12(2)19(24-20(26)13(3)23)21(27)25-8-4-5-16(25)9-14-11-28-18-7-6-15(22)10-17(14)18/h6-7,10-13,16,19H,4-5,8-9,23H2,1-3H3,(H,24,26)/t13-,16-,19-/m0/s1. The van der Waals surface area contributed by atoms with E-state index in [2.05, 4.69) is 5.32 Å². The summed E-state index contributed by atoms with van der Waals surface area (Å²) in [7, 11) is 0. The van der Waals surface area contributed by atoms with E-state index in [0.29, 0.717) is 18.0 Å². The molecule has 3 rings (SSSR count). The molecule has 0 saturated carbocycles. The van der Waals surface area contributed by atoms with Crippen molar-refractivity contribution in [1.29, 1.82) is 0 Å². The summed E-state index contributed by atoms with van der Waals surface area (Å²) in [4.78, 5) is 27.2. The number of benzene rings is 1. The van der Waals surface area contributed by atoms with Gasteiger partial charge in [-0.05, 0) is 50.3 Å².